The van der Waals surface area contributed by atoms with Gasteiger partial charge in [0.1, 0.15) is 6.33 Å². The fourth-order valence-electron chi connectivity index (χ4n) is 2.26. The van der Waals surface area contributed by atoms with Crippen LogP contribution in [-0.4, -0.2) is 31.1 Å². The number of carbonyl (C=O) groups is 1. The minimum Gasteiger partial charge on any atom is -0.481 e. The Morgan fingerprint density at radius 3 is 2.94 bits per heavy atom. The molecule has 6 heteroatoms. The van der Waals surface area contributed by atoms with Crippen LogP contribution < -0.4 is 0 Å². The van der Waals surface area contributed by atoms with Crippen molar-refractivity contribution >= 4 is 17.7 Å². The lowest BCUT2D eigenvalue weighted by molar-refractivity contribution is -0.142. The maximum absolute atomic E-state index is 11.2. The van der Waals surface area contributed by atoms with E-state index in [2.05, 4.69) is 17.1 Å². The summed E-state index contributed by atoms with van der Waals surface area (Å²) in [4.78, 5) is 11.2. The normalized spacial score (nSPS) is 29.2. The second kappa shape index (κ2) is 5.08. The van der Waals surface area contributed by atoms with E-state index < -0.39 is 5.97 Å². The molecular formula is C11H17N3O2S. The molecule has 1 aromatic heterocycles. The molecule has 1 aliphatic carbocycles. The van der Waals surface area contributed by atoms with Gasteiger partial charge in [-0.25, -0.2) is 0 Å². The molecule has 0 aromatic carbocycles. The average Bonchev–Trinajstić information content (AvgIpc) is 2.64. The van der Waals surface area contributed by atoms with Crippen molar-refractivity contribution in [3.05, 3.63) is 6.33 Å². The van der Waals surface area contributed by atoms with Gasteiger partial charge in [0.2, 0.25) is 0 Å². The number of hydrogen-bond donors (Lipinski definition) is 1. The van der Waals surface area contributed by atoms with Gasteiger partial charge in [-0.15, -0.1) is 10.2 Å². The van der Waals surface area contributed by atoms with E-state index >= 15 is 0 Å². The van der Waals surface area contributed by atoms with E-state index in [4.69, 9.17) is 0 Å². The van der Waals surface area contributed by atoms with Crippen molar-refractivity contribution < 1.29 is 9.90 Å². The van der Waals surface area contributed by atoms with E-state index in [-0.39, 0.29) is 11.2 Å². The number of nitrogens with zero attached hydrogens (tertiary/aromatic N) is 3. The highest BCUT2D eigenvalue weighted by atomic mass is 32.2. The van der Waals surface area contributed by atoms with Crippen molar-refractivity contribution in [3.63, 3.8) is 0 Å². The van der Waals surface area contributed by atoms with Crippen LogP contribution in [0.5, 0.6) is 0 Å². The van der Waals surface area contributed by atoms with Crippen LogP contribution >= 0.6 is 11.8 Å². The van der Waals surface area contributed by atoms with E-state index in [0.29, 0.717) is 5.92 Å². The Kier molecular flexibility index (Phi) is 3.71. The summed E-state index contributed by atoms with van der Waals surface area (Å²) in [7, 11) is 1.88. The van der Waals surface area contributed by atoms with Gasteiger partial charge in [0.15, 0.2) is 5.16 Å². The molecule has 1 fully saturated rings. The molecule has 2 rings (SSSR count). The van der Waals surface area contributed by atoms with Gasteiger partial charge in [0, 0.05) is 12.3 Å². The lowest BCUT2D eigenvalue weighted by Crippen LogP contribution is -2.32. The van der Waals surface area contributed by atoms with Gasteiger partial charge in [0.25, 0.3) is 0 Å². The zero-order valence-electron chi connectivity index (χ0n) is 10.0. The lowest BCUT2D eigenvalue weighted by atomic mass is 9.82. The first kappa shape index (κ1) is 12.4. The molecular weight excluding hydrogens is 238 g/mol. The van der Waals surface area contributed by atoms with Crippen molar-refractivity contribution in [2.75, 3.05) is 0 Å². The molecule has 0 bridgehead atoms. The zero-order chi connectivity index (χ0) is 12.4. The van der Waals surface area contributed by atoms with E-state index in [1.165, 1.54) is 0 Å². The fraction of sp³-hybridized carbons (Fsp3) is 0.727. The molecule has 17 heavy (non-hydrogen) atoms. The molecule has 1 saturated carbocycles. The molecule has 1 N–H and O–H groups in total. The van der Waals surface area contributed by atoms with Crippen LogP contribution in [0.3, 0.4) is 0 Å². The van der Waals surface area contributed by atoms with Crippen molar-refractivity contribution in [2.24, 2.45) is 18.9 Å². The summed E-state index contributed by atoms with van der Waals surface area (Å²) in [5, 5.41) is 18.0. The molecule has 94 valence electrons. The maximum Gasteiger partial charge on any atom is 0.307 e. The molecule has 0 aliphatic heterocycles. The summed E-state index contributed by atoms with van der Waals surface area (Å²) >= 11 is 1.55. The van der Waals surface area contributed by atoms with Gasteiger partial charge < -0.3 is 9.67 Å². The third-order valence-electron chi connectivity index (χ3n) is 3.30. The van der Waals surface area contributed by atoms with Gasteiger partial charge in [0.05, 0.1) is 5.92 Å². The quantitative estimate of drug-likeness (QED) is 0.892. The predicted molar refractivity (Wildman–Crippen MR) is 64.8 cm³/mol. The second-order valence-electron chi connectivity index (χ2n) is 4.74. The highest BCUT2D eigenvalue weighted by Gasteiger charge is 2.35. The van der Waals surface area contributed by atoms with E-state index in [1.807, 2.05) is 11.6 Å². The third-order valence-corrected chi connectivity index (χ3v) is 4.70. The second-order valence-corrected chi connectivity index (χ2v) is 5.95. The molecule has 1 aromatic rings. The number of aromatic nitrogens is 3. The summed E-state index contributed by atoms with van der Waals surface area (Å²) in [6.45, 7) is 2.18. The number of carboxylic acids is 1. The van der Waals surface area contributed by atoms with Crippen LogP contribution in [0, 0.1) is 11.8 Å². The standard InChI is InChI=1S/C11H17N3O2S/c1-7-3-4-8(10(15)16)9(5-7)17-11-13-12-6-14(11)2/h6-9H,3-5H2,1-2H3,(H,15,16). The molecule has 0 radical (unpaired) electrons. The molecule has 3 unspecified atom stereocenters. The van der Waals surface area contributed by atoms with Crippen molar-refractivity contribution in [1.29, 1.82) is 0 Å². The van der Waals surface area contributed by atoms with Gasteiger partial charge in [-0.3, -0.25) is 4.79 Å². The first-order valence-corrected chi connectivity index (χ1v) is 6.69. The van der Waals surface area contributed by atoms with Crippen LogP contribution in [0.2, 0.25) is 0 Å². The number of aliphatic carboxylic acids is 1. The summed E-state index contributed by atoms with van der Waals surface area (Å²) in [5.41, 5.74) is 0. The molecule has 0 saturated heterocycles. The SMILES string of the molecule is CC1CCC(C(=O)O)C(Sc2nncn2C)C1. The Labute approximate surface area is 105 Å². The monoisotopic (exact) mass is 255 g/mol. The molecule has 5 nitrogen and oxygen atoms in total. The maximum atomic E-state index is 11.2. The molecule has 0 amide bonds. The van der Waals surface area contributed by atoms with Gasteiger partial charge in [-0.1, -0.05) is 18.7 Å². The zero-order valence-corrected chi connectivity index (χ0v) is 10.9. The van der Waals surface area contributed by atoms with Gasteiger partial charge >= 0.3 is 5.97 Å². The number of hydrogen-bond acceptors (Lipinski definition) is 4. The first-order chi connectivity index (χ1) is 8.08. The Morgan fingerprint density at radius 2 is 2.35 bits per heavy atom. The van der Waals surface area contributed by atoms with E-state index in [9.17, 15) is 9.90 Å². The fourth-order valence-corrected chi connectivity index (χ4v) is 3.68. The van der Waals surface area contributed by atoms with E-state index in [1.54, 1.807) is 18.1 Å². The van der Waals surface area contributed by atoms with Crippen molar-refractivity contribution in [2.45, 2.75) is 36.6 Å². The first-order valence-electron chi connectivity index (χ1n) is 5.81. The summed E-state index contributed by atoms with van der Waals surface area (Å²) in [6.07, 6.45) is 4.36. The smallest absolute Gasteiger partial charge is 0.307 e. The Hall–Kier alpha value is -1.04. The van der Waals surface area contributed by atoms with Gasteiger partial charge in [-0.2, -0.15) is 0 Å². The third kappa shape index (κ3) is 2.80. The Balaban J connectivity index is 2.10. The Bertz CT molecular complexity index is 407. The van der Waals surface area contributed by atoms with Crippen LogP contribution in [-0.2, 0) is 11.8 Å². The number of thioether (sulfide) groups is 1. The molecule has 1 aliphatic rings. The van der Waals surface area contributed by atoms with Crippen LogP contribution in [0.25, 0.3) is 0 Å². The van der Waals surface area contributed by atoms with Crippen molar-refractivity contribution in [1.82, 2.24) is 14.8 Å². The molecule has 0 spiro atoms. The number of aryl methyl sites for hydroxylation is 1. The Morgan fingerprint density at radius 1 is 1.59 bits per heavy atom. The van der Waals surface area contributed by atoms with Gasteiger partial charge in [-0.05, 0) is 25.2 Å². The average molecular weight is 255 g/mol. The topological polar surface area (TPSA) is 68.0 Å². The summed E-state index contributed by atoms with van der Waals surface area (Å²) in [6, 6.07) is 0. The number of rotatable bonds is 3. The highest BCUT2D eigenvalue weighted by molar-refractivity contribution is 7.99. The van der Waals surface area contributed by atoms with E-state index in [0.717, 1.165) is 24.4 Å². The van der Waals surface area contributed by atoms with Crippen LogP contribution in [0.15, 0.2) is 11.5 Å². The van der Waals surface area contributed by atoms with Crippen LogP contribution in [0.1, 0.15) is 26.2 Å². The predicted octanol–water partition coefficient (Wildman–Crippen LogP) is 1.80. The minimum absolute atomic E-state index is 0.110. The molecule has 3 atom stereocenters. The minimum atomic E-state index is -0.684. The highest BCUT2D eigenvalue weighted by Crippen LogP contribution is 2.39. The van der Waals surface area contributed by atoms with Crippen molar-refractivity contribution in [3.8, 4) is 0 Å². The number of carboxylic acid groups (broad SMARTS) is 1. The largest absolute Gasteiger partial charge is 0.481 e. The van der Waals surface area contributed by atoms with Crippen LogP contribution in [0.4, 0.5) is 0 Å². The summed E-state index contributed by atoms with van der Waals surface area (Å²) < 4.78 is 1.84. The summed E-state index contributed by atoms with van der Waals surface area (Å²) in [5.74, 6) is -0.346. The molecule has 1 heterocycles. The lowest BCUT2D eigenvalue weighted by Gasteiger charge is -2.31.